The van der Waals surface area contributed by atoms with E-state index in [0.29, 0.717) is 5.78 Å². The number of likely N-dealkylation sites (tertiary alicyclic amines) is 1. The van der Waals surface area contributed by atoms with Gasteiger partial charge in [-0.3, -0.25) is 9.69 Å². The largest absolute Gasteiger partial charge is 0.298 e. The van der Waals surface area contributed by atoms with Gasteiger partial charge >= 0.3 is 0 Å². The van der Waals surface area contributed by atoms with Crippen LogP contribution in [0.5, 0.6) is 0 Å². The molecule has 0 aromatic heterocycles. The van der Waals surface area contributed by atoms with Crippen molar-refractivity contribution in [3.8, 4) is 0 Å². The number of rotatable bonds is 3. The number of hydrogen-bond acceptors (Lipinski definition) is 2. The van der Waals surface area contributed by atoms with Gasteiger partial charge in [0, 0.05) is 5.92 Å². The van der Waals surface area contributed by atoms with Gasteiger partial charge in [0.05, 0.1) is 6.04 Å². The summed E-state index contributed by atoms with van der Waals surface area (Å²) in [6.45, 7) is 8.25. The molecule has 0 aliphatic carbocycles. The molecule has 2 heteroatoms. The third kappa shape index (κ3) is 1.86. The molecule has 0 N–H and O–H groups in total. The summed E-state index contributed by atoms with van der Waals surface area (Å²) in [5.74, 6) is 0.622. The summed E-state index contributed by atoms with van der Waals surface area (Å²) in [7, 11) is 0. The van der Waals surface area contributed by atoms with E-state index in [4.69, 9.17) is 0 Å². The van der Waals surface area contributed by atoms with Crippen molar-refractivity contribution < 1.29 is 4.79 Å². The van der Waals surface area contributed by atoms with Crippen LogP contribution in [0, 0.1) is 5.92 Å². The maximum absolute atomic E-state index is 11.7. The smallest absolute Gasteiger partial charge is 0.152 e. The third-order valence-electron chi connectivity index (χ3n) is 2.67. The summed E-state index contributed by atoms with van der Waals surface area (Å²) < 4.78 is 0. The van der Waals surface area contributed by atoms with Crippen molar-refractivity contribution in [2.45, 2.75) is 39.7 Å². The van der Waals surface area contributed by atoms with Crippen molar-refractivity contribution in [1.29, 1.82) is 0 Å². The van der Waals surface area contributed by atoms with E-state index in [9.17, 15) is 4.79 Å². The normalized spacial score (nSPS) is 25.2. The molecule has 1 aliphatic rings. The minimum atomic E-state index is 0.196. The van der Waals surface area contributed by atoms with Crippen molar-refractivity contribution >= 4 is 5.78 Å². The van der Waals surface area contributed by atoms with Crippen molar-refractivity contribution in [2.24, 2.45) is 5.92 Å². The van der Waals surface area contributed by atoms with Gasteiger partial charge in [0.1, 0.15) is 0 Å². The predicted molar refractivity (Wildman–Crippen MR) is 50.1 cm³/mol. The van der Waals surface area contributed by atoms with Crippen LogP contribution in [0.25, 0.3) is 0 Å². The number of nitrogens with zero attached hydrogens (tertiary/aromatic N) is 1. The molecule has 1 fully saturated rings. The summed E-state index contributed by atoms with van der Waals surface area (Å²) in [6.07, 6.45) is 2.27. The van der Waals surface area contributed by atoms with E-state index >= 15 is 0 Å². The van der Waals surface area contributed by atoms with Gasteiger partial charge in [-0.25, -0.2) is 0 Å². The predicted octanol–water partition coefficient (Wildman–Crippen LogP) is 1.70. The maximum Gasteiger partial charge on any atom is 0.152 e. The number of carbonyl (C=O) groups is 1. The van der Waals surface area contributed by atoms with Crippen LogP contribution in [0.2, 0.25) is 0 Å². The average molecular weight is 169 g/mol. The molecular formula is C10H19NO. The van der Waals surface area contributed by atoms with Gasteiger partial charge in [-0.05, 0) is 25.9 Å². The zero-order valence-corrected chi connectivity index (χ0v) is 8.34. The Bertz CT molecular complexity index is 165. The SMILES string of the molecule is CCN1CCC[C@H]1C(=O)C(C)C. The third-order valence-corrected chi connectivity index (χ3v) is 2.67. The lowest BCUT2D eigenvalue weighted by Gasteiger charge is -2.22. The number of hydrogen-bond donors (Lipinski definition) is 0. The lowest BCUT2D eigenvalue weighted by atomic mass is 10.00. The van der Waals surface area contributed by atoms with E-state index in [0.717, 1.165) is 19.5 Å². The summed E-state index contributed by atoms with van der Waals surface area (Å²) in [4.78, 5) is 14.0. The fourth-order valence-electron chi connectivity index (χ4n) is 1.91. The Labute approximate surface area is 74.9 Å². The first-order valence-electron chi connectivity index (χ1n) is 4.94. The lowest BCUT2D eigenvalue weighted by molar-refractivity contribution is -0.126. The van der Waals surface area contributed by atoms with Crippen molar-refractivity contribution in [3.63, 3.8) is 0 Å². The highest BCUT2D eigenvalue weighted by Crippen LogP contribution is 2.19. The van der Waals surface area contributed by atoms with Gasteiger partial charge in [-0.2, -0.15) is 0 Å². The van der Waals surface area contributed by atoms with E-state index in [2.05, 4.69) is 11.8 Å². The molecule has 0 aromatic rings. The molecule has 1 atom stereocenters. The quantitative estimate of drug-likeness (QED) is 0.641. The Kier molecular flexibility index (Phi) is 3.27. The molecule has 0 unspecified atom stereocenters. The summed E-state index contributed by atoms with van der Waals surface area (Å²) >= 11 is 0. The summed E-state index contributed by atoms with van der Waals surface area (Å²) in [5, 5.41) is 0. The number of carbonyl (C=O) groups excluding carboxylic acids is 1. The Hall–Kier alpha value is -0.370. The first kappa shape index (κ1) is 9.72. The average Bonchev–Trinajstić information content (AvgIpc) is 2.49. The van der Waals surface area contributed by atoms with Crippen molar-refractivity contribution in [3.05, 3.63) is 0 Å². The highest BCUT2D eigenvalue weighted by atomic mass is 16.1. The van der Waals surface area contributed by atoms with Crippen LogP contribution in [0.4, 0.5) is 0 Å². The molecule has 70 valence electrons. The molecule has 0 saturated carbocycles. The summed E-state index contributed by atoms with van der Waals surface area (Å²) in [5.41, 5.74) is 0. The summed E-state index contributed by atoms with van der Waals surface area (Å²) in [6, 6.07) is 0.231. The molecule has 0 radical (unpaired) electrons. The Morgan fingerprint density at radius 1 is 1.58 bits per heavy atom. The van der Waals surface area contributed by atoms with E-state index in [1.54, 1.807) is 0 Å². The molecule has 1 heterocycles. The van der Waals surface area contributed by atoms with E-state index in [-0.39, 0.29) is 12.0 Å². The highest BCUT2D eigenvalue weighted by Gasteiger charge is 2.30. The Morgan fingerprint density at radius 2 is 2.25 bits per heavy atom. The molecule has 1 aliphatic heterocycles. The monoisotopic (exact) mass is 169 g/mol. The number of ketones is 1. The fraction of sp³-hybridized carbons (Fsp3) is 0.900. The molecule has 1 rings (SSSR count). The van der Waals surface area contributed by atoms with Crippen LogP contribution >= 0.6 is 0 Å². The molecule has 0 amide bonds. The Balaban J connectivity index is 2.55. The lowest BCUT2D eigenvalue weighted by Crippen LogP contribution is -2.37. The van der Waals surface area contributed by atoms with E-state index in [1.807, 2.05) is 13.8 Å². The molecule has 0 aromatic carbocycles. The molecule has 0 spiro atoms. The van der Waals surface area contributed by atoms with Crippen LogP contribution in [-0.2, 0) is 4.79 Å². The van der Waals surface area contributed by atoms with Gasteiger partial charge in [-0.1, -0.05) is 20.8 Å². The minimum Gasteiger partial charge on any atom is -0.298 e. The highest BCUT2D eigenvalue weighted by molar-refractivity contribution is 5.85. The van der Waals surface area contributed by atoms with Gasteiger partial charge < -0.3 is 0 Å². The van der Waals surface area contributed by atoms with Gasteiger partial charge in [0.2, 0.25) is 0 Å². The van der Waals surface area contributed by atoms with Crippen LogP contribution in [0.1, 0.15) is 33.6 Å². The first-order chi connectivity index (χ1) is 5.66. The second-order valence-corrected chi connectivity index (χ2v) is 3.84. The molecule has 12 heavy (non-hydrogen) atoms. The maximum atomic E-state index is 11.7. The topological polar surface area (TPSA) is 20.3 Å². The molecular weight excluding hydrogens is 150 g/mol. The fourth-order valence-corrected chi connectivity index (χ4v) is 1.91. The Morgan fingerprint density at radius 3 is 2.75 bits per heavy atom. The van der Waals surface area contributed by atoms with Crippen molar-refractivity contribution in [1.82, 2.24) is 4.90 Å². The zero-order valence-electron chi connectivity index (χ0n) is 8.34. The number of likely N-dealkylation sites (N-methyl/N-ethyl adjacent to an activating group) is 1. The van der Waals surface area contributed by atoms with Crippen LogP contribution in [0.3, 0.4) is 0 Å². The first-order valence-corrected chi connectivity index (χ1v) is 4.94. The molecule has 0 bridgehead atoms. The number of Topliss-reactive ketones (excluding diaryl/α,β-unsaturated/α-hetero) is 1. The van der Waals surface area contributed by atoms with Crippen LogP contribution in [0.15, 0.2) is 0 Å². The molecule has 2 nitrogen and oxygen atoms in total. The van der Waals surface area contributed by atoms with Gasteiger partial charge in [-0.15, -0.1) is 0 Å². The molecule has 1 saturated heterocycles. The second-order valence-electron chi connectivity index (χ2n) is 3.84. The van der Waals surface area contributed by atoms with Crippen molar-refractivity contribution in [2.75, 3.05) is 13.1 Å². The van der Waals surface area contributed by atoms with Gasteiger partial charge in [0.15, 0.2) is 5.78 Å². The standard InChI is InChI=1S/C10H19NO/c1-4-11-7-5-6-9(11)10(12)8(2)3/h8-9H,4-7H2,1-3H3/t9-/m0/s1. The van der Waals surface area contributed by atoms with Crippen LogP contribution < -0.4 is 0 Å². The van der Waals surface area contributed by atoms with E-state index < -0.39 is 0 Å². The zero-order chi connectivity index (χ0) is 9.14. The minimum absolute atomic E-state index is 0.196. The second kappa shape index (κ2) is 4.04. The van der Waals surface area contributed by atoms with Gasteiger partial charge in [0.25, 0.3) is 0 Å². The van der Waals surface area contributed by atoms with E-state index in [1.165, 1.54) is 6.42 Å². The van der Waals surface area contributed by atoms with Crippen LogP contribution in [-0.4, -0.2) is 29.8 Å².